The van der Waals surface area contributed by atoms with Gasteiger partial charge in [-0.25, -0.2) is 4.79 Å². The molecule has 1 aromatic rings. The third-order valence-corrected chi connectivity index (χ3v) is 2.10. The Morgan fingerprint density at radius 1 is 1.42 bits per heavy atom. The Kier molecular flexibility index (Phi) is 6.48. The lowest BCUT2D eigenvalue weighted by Crippen LogP contribution is -2.20. The Morgan fingerprint density at radius 3 is 2.79 bits per heavy atom. The minimum atomic E-state index is -1.16. The van der Waals surface area contributed by atoms with E-state index in [1.807, 2.05) is 42.5 Å². The zero-order valence-electron chi connectivity index (χ0n) is 10.2. The summed E-state index contributed by atoms with van der Waals surface area (Å²) in [7, 11) is 0. The molecular formula is C14H14N2O3. The van der Waals surface area contributed by atoms with Crippen molar-refractivity contribution in [1.82, 2.24) is 5.48 Å². The third-order valence-electron chi connectivity index (χ3n) is 2.10. The first-order valence-electron chi connectivity index (χ1n) is 5.64. The van der Waals surface area contributed by atoms with Crippen LogP contribution < -0.4 is 5.48 Å². The molecule has 0 amide bonds. The lowest BCUT2D eigenvalue weighted by molar-refractivity contribution is -0.134. The minimum absolute atomic E-state index is 0.0118. The van der Waals surface area contributed by atoms with Gasteiger partial charge in [-0.3, -0.25) is 10.3 Å². The van der Waals surface area contributed by atoms with E-state index < -0.39 is 5.97 Å². The molecule has 98 valence electrons. The number of nitrogens with one attached hydrogen (secondary N) is 1. The molecule has 0 heterocycles. The molecule has 5 nitrogen and oxygen atoms in total. The van der Waals surface area contributed by atoms with Gasteiger partial charge in [-0.1, -0.05) is 42.5 Å². The van der Waals surface area contributed by atoms with Gasteiger partial charge < -0.3 is 5.11 Å². The van der Waals surface area contributed by atoms with Crippen LogP contribution in [0.15, 0.2) is 48.2 Å². The average molecular weight is 258 g/mol. The first kappa shape index (κ1) is 14.5. The summed E-state index contributed by atoms with van der Waals surface area (Å²) in [5, 5.41) is 17.2. The smallest absolute Gasteiger partial charge is 0.353 e. The molecule has 1 aromatic carbocycles. The average Bonchev–Trinajstić information content (AvgIpc) is 2.42. The number of nitriles is 1. The number of aliphatic carboxylic acids is 1. The van der Waals surface area contributed by atoms with Gasteiger partial charge in [0, 0.05) is 0 Å². The molecule has 0 saturated carbocycles. The van der Waals surface area contributed by atoms with Gasteiger partial charge in [0.1, 0.15) is 5.70 Å². The normalized spacial score (nSPS) is 11.2. The molecule has 0 fully saturated rings. The van der Waals surface area contributed by atoms with Crippen molar-refractivity contribution >= 4 is 12.0 Å². The van der Waals surface area contributed by atoms with Gasteiger partial charge in [0.2, 0.25) is 0 Å². The number of carbonyl (C=O) groups is 1. The third kappa shape index (κ3) is 6.05. The molecule has 0 atom stereocenters. The summed E-state index contributed by atoms with van der Waals surface area (Å²) in [5.41, 5.74) is 3.19. The summed E-state index contributed by atoms with van der Waals surface area (Å²) in [5.74, 6) is -1.16. The Labute approximate surface area is 111 Å². The fraction of sp³-hybridized carbons (Fsp3) is 0.143. The summed E-state index contributed by atoms with van der Waals surface area (Å²) in [4.78, 5) is 15.7. The van der Waals surface area contributed by atoms with Gasteiger partial charge in [0.15, 0.2) is 0 Å². The van der Waals surface area contributed by atoms with Crippen molar-refractivity contribution in [2.24, 2.45) is 0 Å². The van der Waals surface area contributed by atoms with Crippen molar-refractivity contribution in [2.45, 2.75) is 6.42 Å². The molecule has 0 aliphatic rings. The number of benzene rings is 1. The number of hydrogen-bond acceptors (Lipinski definition) is 4. The van der Waals surface area contributed by atoms with Crippen LogP contribution in [0.4, 0.5) is 0 Å². The predicted molar refractivity (Wildman–Crippen MR) is 70.5 cm³/mol. The summed E-state index contributed by atoms with van der Waals surface area (Å²) >= 11 is 0. The minimum Gasteiger partial charge on any atom is -0.477 e. The number of hydrogen-bond donors (Lipinski definition) is 2. The van der Waals surface area contributed by atoms with E-state index in [9.17, 15) is 4.79 Å². The number of nitrogens with zero attached hydrogens (tertiary/aromatic N) is 1. The highest BCUT2D eigenvalue weighted by molar-refractivity contribution is 5.85. The van der Waals surface area contributed by atoms with Crippen molar-refractivity contribution < 1.29 is 14.7 Å². The van der Waals surface area contributed by atoms with Crippen molar-refractivity contribution in [3.8, 4) is 6.07 Å². The molecule has 0 aromatic heterocycles. The molecule has 0 aliphatic carbocycles. The Hall–Kier alpha value is -2.58. The molecular weight excluding hydrogens is 244 g/mol. The summed E-state index contributed by atoms with van der Waals surface area (Å²) in [6.45, 7) is 0.214. The van der Waals surface area contributed by atoms with Crippen molar-refractivity contribution in [1.29, 1.82) is 5.26 Å². The van der Waals surface area contributed by atoms with Crippen LogP contribution in [0.3, 0.4) is 0 Å². The Bertz CT molecular complexity index is 501. The maximum absolute atomic E-state index is 10.8. The largest absolute Gasteiger partial charge is 0.477 e. The molecule has 0 radical (unpaired) electrons. The number of carboxylic acid groups (broad SMARTS) is 1. The number of allylic oxidation sites excluding steroid dienone is 1. The van der Waals surface area contributed by atoms with E-state index in [-0.39, 0.29) is 18.7 Å². The molecule has 0 spiro atoms. The first-order valence-corrected chi connectivity index (χ1v) is 5.64. The highest BCUT2D eigenvalue weighted by Crippen LogP contribution is 2.00. The Balaban J connectivity index is 2.35. The Morgan fingerprint density at radius 2 is 2.16 bits per heavy atom. The van der Waals surface area contributed by atoms with E-state index in [1.54, 1.807) is 6.08 Å². The predicted octanol–water partition coefficient (Wildman–Crippen LogP) is 2.10. The van der Waals surface area contributed by atoms with Gasteiger partial charge in [0.25, 0.3) is 0 Å². The second-order valence-corrected chi connectivity index (χ2v) is 3.51. The molecule has 0 saturated heterocycles. The zero-order valence-corrected chi connectivity index (χ0v) is 10.2. The maximum Gasteiger partial charge on any atom is 0.353 e. The number of carboxylic acids is 1. The molecule has 0 bridgehead atoms. The van der Waals surface area contributed by atoms with Crippen LogP contribution in [0, 0.1) is 11.3 Å². The maximum atomic E-state index is 10.8. The summed E-state index contributed by atoms with van der Waals surface area (Å²) in [6.07, 6.45) is 4.88. The van der Waals surface area contributed by atoms with Crippen molar-refractivity contribution in [3.05, 3.63) is 53.7 Å². The van der Waals surface area contributed by atoms with Crippen molar-refractivity contribution in [2.75, 3.05) is 6.61 Å². The van der Waals surface area contributed by atoms with Gasteiger partial charge in [0.05, 0.1) is 19.1 Å². The fourth-order valence-corrected chi connectivity index (χ4v) is 1.24. The number of hydroxylamine groups is 1. The molecule has 5 heteroatoms. The molecule has 0 unspecified atom stereocenters. The second-order valence-electron chi connectivity index (χ2n) is 3.51. The molecule has 1 rings (SSSR count). The molecule has 2 N–H and O–H groups in total. The second kappa shape index (κ2) is 8.50. The van der Waals surface area contributed by atoms with E-state index in [1.165, 1.54) is 6.08 Å². The highest BCUT2D eigenvalue weighted by Gasteiger charge is 2.05. The van der Waals surface area contributed by atoms with Crippen LogP contribution in [0.2, 0.25) is 0 Å². The van der Waals surface area contributed by atoms with Gasteiger partial charge in [-0.05, 0) is 11.6 Å². The van der Waals surface area contributed by atoms with Gasteiger partial charge in [-0.2, -0.15) is 5.26 Å². The van der Waals surface area contributed by atoms with E-state index in [0.29, 0.717) is 0 Å². The standard InChI is InChI=1S/C14H14N2O3/c15-10-4-9-13(14(17)18)16-19-11-5-8-12-6-2-1-3-7-12/h1-3,5-9,16H,4,11H2,(H,17,18). The lowest BCUT2D eigenvalue weighted by Gasteiger charge is -2.04. The van der Waals surface area contributed by atoms with Crippen LogP contribution >= 0.6 is 0 Å². The summed E-state index contributed by atoms with van der Waals surface area (Å²) in [6, 6.07) is 11.5. The van der Waals surface area contributed by atoms with E-state index >= 15 is 0 Å². The topological polar surface area (TPSA) is 82.3 Å². The van der Waals surface area contributed by atoms with Gasteiger partial charge in [-0.15, -0.1) is 0 Å². The van der Waals surface area contributed by atoms with E-state index in [2.05, 4.69) is 5.48 Å². The molecule has 19 heavy (non-hydrogen) atoms. The van der Waals surface area contributed by atoms with Crippen LogP contribution in [0.1, 0.15) is 12.0 Å². The summed E-state index contributed by atoms with van der Waals surface area (Å²) < 4.78 is 0. The van der Waals surface area contributed by atoms with Gasteiger partial charge >= 0.3 is 5.97 Å². The van der Waals surface area contributed by atoms with Crippen molar-refractivity contribution in [3.63, 3.8) is 0 Å². The monoisotopic (exact) mass is 258 g/mol. The van der Waals surface area contributed by atoms with Crippen LogP contribution in [0.5, 0.6) is 0 Å². The van der Waals surface area contributed by atoms with Crippen LogP contribution in [0.25, 0.3) is 6.08 Å². The van der Waals surface area contributed by atoms with Crippen LogP contribution in [-0.2, 0) is 9.63 Å². The SMILES string of the molecule is N#CCC=C(NOCC=Cc1ccccc1)C(=O)O. The number of rotatable bonds is 7. The molecule has 0 aliphatic heterocycles. The first-order chi connectivity index (χ1) is 9.24. The fourth-order valence-electron chi connectivity index (χ4n) is 1.24. The van der Waals surface area contributed by atoms with E-state index in [4.69, 9.17) is 15.2 Å². The van der Waals surface area contributed by atoms with E-state index in [0.717, 1.165) is 5.56 Å². The lowest BCUT2D eigenvalue weighted by atomic mass is 10.2. The highest BCUT2D eigenvalue weighted by atomic mass is 16.6. The van der Waals surface area contributed by atoms with Crippen LogP contribution in [-0.4, -0.2) is 17.7 Å². The quantitative estimate of drug-likeness (QED) is 0.444. The zero-order chi connectivity index (χ0) is 13.9.